The monoisotopic (exact) mass is 220 g/mol. The molecular weight excluding hydrogens is 207 g/mol. The highest BCUT2D eigenvalue weighted by atomic mass is 19.1. The summed E-state index contributed by atoms with van der Waals surface area (Å²) >= 11 is 0. The first kappa shape index (κ1) is 10.8. The number of benzene rings is 1. The Morgan fingerprint density at radius 1 is 1.38 bits per heavy atom. The molecule has 0 atom stereocenters. The van der Waals surface area contributed by atoms with Gasteiger partial charge >= 0.3 is 0 Å². The van der Waals surface area contributed by atoms with Crippen molar-refractivity contribution in [3.05, 3.63) is 41.8 Å². The molecule has 0 saturated carbocycles. The molecule has 0 aliphatic rings. The van der Waals surface area contributed by atoms with Crippen LogP contribution >= 0.6 is 0 Å². The van der Waals surface area contributed by atoms with Crippen molar-refractivity contribution in [2.24, 2.45) is 0 Å². The maximum Gasteiger partial charge on any atom is 0.167 e. The zero-order valence-electron chi connectivity index (χ0n) is 9.03. The van der Waals surface area contributed by atoms with Crippen LogP contribution in [-0.4, -0.2) is 11.7 Å². The second kappa shape index (κ2) is 4.90. The number of nitrogens with one attached hydrogen (secondary N) is 1. The average molecular weight is 220 g/mol. The third-order valence-electron chi connectivity index (χ3n) is 2.22. The van der Waals surface area contributed by atoms with Gasteiger partial charge in [-0.3, -0.25) is 0 Å². The number of nitrogens with zero attached hydrogens (tertiary/aromatic N) is 1. The van der Waals surface area contributed by atoms with Crippen molar-refractivity contribution in [3.8, 4) is 11.3 Å². The minimum Gasteiger partial charge on any atom is -0.356 e. The minimum atomic E-state index is -0.276. The lowest BCUT2D eigenvalue weighted by molar-refractivity contribution is 0.420. The predicted molar refractivity (Wildman–Crippen MR) is 59.3 cm³/mol. The molecule has 84 valence electrons. The summed E-state index contributed by atoms with van der Waals surface area (Å²) in [4.78, 5) is 0. The van der Waals surface area contributed by atoms with Crippen molar-refractivity contribution in [1.29, 1.82) is 0 Å². The SMILES string of the molecule is CCNCc1cc(-c2cccc(F)c2)on1. The molecule has 3 nitrogen and oxygen atoms in total. The third kappa shape index (κ3) is 2.46. The number of hydrogen-bond acceptors (Lipinski definition) is 3. The van der Waals surface area contributed by atoms with Gasteiger partial charge in [-0.25, -0.2) is 4.39 Å². The van der Waals surface area contributed by atoms with E-state index in [4.69, 9.17) is 4.52 Å². The highest BCUT2D eigenvalue weighted by Gasteiger charge is 2.06. The molecule has 16 heavy (non-hydrogen) atoms. The van der Waals surface area contributed by atoms with Crippen LogP contribution in [0.15, 0.2) is 34.9 Å². The normalized spacial score (nSPS) is 10.6. The molecule has 1 aromatic heterocycles. The van der Waals surface area contributed by atoms with E-state index in [1.165, 1.54) is 12.1 Å². The van der Waals surface area contributed by atoms with E-state index in [0.29, 0.717) is 17.9 Å². The third-order valence-corrected chi connectivity index (χ3v) is 2.22. The van der Waals surface area contributed by atoms with Crippen LogP contribution in [0.5, 0.6) is 0 Å². The van der Waals surface area contributed by atoms with Gasteiger partial charge in [0.15, 0.2) is 5.76 Å². The number of halogens is 1. The summed E-state index contributed by atoms with van der Waals surface area (Å²) < 4.78 is 18.1. The van der Waals surface area contributed by atoms with Crippen LogP contribution in [0, 0.1) is 5.82 Å². The molecule has 1 aromatic carbocycles. The number of rotatable bonds is 4. The van der Waals surface area contributed by atoms with Crippen LogP contribution in [0.25, 0.3) is 11.3 Å². The molecular formula is C12H13FN2O. The van der Waals surface area contributed by atoms with Crippen LogP contribution in [0.2, 0.25) is 0 Å². The highest BCUT2D eigenvalue weighted by molar-refractivity contribution is 5.57. The van der Waals surface area contributed by atoms with Crippen molar-refractivity contribution in [2.75, 3.05) is 6.54 Å². The lowest BCUT2D eigenvalue weighted by Gasteiger charge is -1.94. The minimum absolute atomic E-state index is 0.276. The van der Waals surface area contributed by atoms with Crippen LogP contribution in [0.4, 0.5) is 4.39 Å². The van der Waals surface area contributed by atoms with Crippen LogP contribution in [-0.2, 0) is 6.54 Å². The fourth-order valence-corrected chi connectivity index (χ4v) is 1.43. The molecule has 0 aliphatic heterocycles. The Hall–Kier alpha value is -1.68. The molecule has 0 saturated heterocycles. The van der Waals surface area contributed by atoms with Crippen molar-refractivity contribution in [2.45, 2.75) is 13.5 Å². The Morgan fingerprint density at radius 3 is 3.00 bits per heavy atom. The van der Waals surface area contributed by atoms with Crippen molar-refractivity contribution >= 4 is 0 Å². The summed E-state index contributed by atoms with van der Waals surface area (Å²) in [5, 5.41) is 7.04. The van der Waals surface area contributed by atoms with E-state index in [-0.39, 0.29) is 5.82 Å². The van der Waals surface area contributed by atoms with E-state index in [2.05, 4.69) is 10.5 Å². The van der Waals surface area contributed by atoms with Gasteiger partial charge in [0.05, 0.1) is 5.69 Å². The topological polar surface area (TPSA) is 38.1 Å². The molecule has 0 bridgehead atoms. The lowest BCUT2D eigenvalue weighted by atomic mass is 10.1. The van der Waals surface area contributed by atoms with Gasteiger partial charge in [-0.1, -0.05) is 24.2 Å². The predicted octanol–water partition coefficient (Wildman–Crippen LogP) is 2.59. The lowest BCUT2D eigenvalue weighted by Crippen LogP contribution is -2.11. The summed E-state index contributed by atoms with van der Waals surface area (Å²) in [5.74, 6) is 0.314. The van der Waals surface area contributed by atoms with Crippen molar-refractivity contribution < 1.29 is 8.91 Å². The van der Waals surface area contributed by atoms with E-state index in [1.807, 2.05) is 13.0 Å². The Kier molecular flexibility index (Phi) is 3.31. The van der Waals surface area contributed by atoms with Crippen LogP contribution in [0.1, 0.15) is 12.6 Å². The van der Waals surface area contributed by atoms with Gasteiger partial charge in [-0.05, 0) is 18.7 Å². The van der Waals surface area contributed by atoms with Gasteiger partial charge in [-0.15, -0.1) is 0 Å². The van der Waals surface area contributed by atoms with Gasteiger partial charge in [0.25, 0.3) is 0 Å². The first-order valence-corrected chi connectivity index (χ1v) is 5.22. The fraction of sp³-hybridized carbons (Fsp3) is 0.250. The van der Waals surface area contributed by atoms with E-state index in [1.54, 1.807) is 12.1 Å². The summed E-state index contributed by atoms with van der Waals surface area (Å²) in [6.07, 6.45) is 0. The maximum absolute atomic E-state index is 13.0. The van der Waals surface area contributed by atoms with E-state index in [0.717, 1.165) is 12.2 Å². The summed E-state index contributed by atoms with van der Waals surface area (Å²) in [5.41, 5.74) is 1.52. The molecule has 0 unspecified atom stereocenters. The van der Waals surface area contributed by atoms with E-state index in [9.17, 15) is 4.39 Å². The summed E-state index contributed by atoms with van der Waals surface area (Å²) in [7, 11) is 0. The molecule has 0 fully saturated rings. The average Bonchev–Trinajstić information content (AvgIpc) is 2.75. The molecule has 0 radical (unpaired) electrons. The van der Waals surface area contributed by atoms with Crippen LogP contribution < -0.4 is 5.32 Å². The summed E-state index contributed by atoms with van der Waals surface area (Å²) in [6, 6.07) is 8.09. The second-order valence-corrected chi connectivity index (χ2v) is 3.47. The number of aromatic nitrogens is 1. The molecule has 1 heterocycles. The largest absolute Gasteiger partial charge is 0.356 e. The maximum atomic E-state index is 13.0. The Morgan fingerprint density at radius 2 is 2.25 bits per heavy atom. The number of hydrogen-bond donors (Lipinski definition) is 1. The van der Waals surface area contributed by atoms with E-state index < -0.39 is 0 Å². The smallest absolute Gasteiger partial charge is 0.167 e. The molecule has 2 rings (SSSR count). The summed E-state index contributed by atoms with van der Waals surface area (Å²) in [6.45, 7) is 3.56. The van der Waals surface area contributed by atoms with Gasteiger partial charge < -0.3 is 9.84 Å². The molecule has 1 N–H and O–H groups in total. The van der Waals surface area contributed by atoms with Gasteiger partial charge in [-0.2, -0.15) is 0 Å². The highest BCUT2D eigenvalue weighted by Crippen LogP contribution is 2.20. The Balaban J connectivity index is 2.18. The molecule has 0 amide bonds. The van der Waals surface area contributed by atoms with Gasteiger partial charge in [0, 0.05) is 18.2 Å². The van der Waals surface area contributed by atoms with Gasteiger partial charge in [0.2, 0.25) is 0 Å². The zero-order valence-corrected chi connectivity index (χ0v) is 9.03. The molecule has 4 heteroatoms. The fourth-order valence-electron chi connectivity index (χ4n) is 1.43. The molecule has 0 spiro atoms. The quantitative estimate of drug-likeness (QED) is 0.860. The standard InChI is InChI=1S/C12H13FN2O/c1-2-14-8-11-7-12(16-15-11)9-4-3-5-10(13)6-9/h3-7,14H,2,8H2,1H3. The van der Waals surface area contributed by atoms with Crippen molar-refractivity contribution in [3.63, 3.8) is 0 Å². The molecule has 0 aliphatic carbocycles. The van der Waals surface area contributed by atoms with Gasteiger partial charge in [0.1, 0.15) is 5.82 Å². The Labute approximate surface area is 93.3 Å². The van der Waals surface area contributed by atoms with Crippen LogP contribution in [0.3, 0.4) is 0 Å². The van der Waals surface area contributed by atoms with Crippen molar-refractivity contribution in [1.82, 2.24) is 10.5 Å². The zero-order chi connectivity index (χ0) is 11.4. The second-order valence-electron chi connectivity index (χ2n) is 3.47. The first-order valence-electron chi connectivity index (χ1n) is 5.22. The first-order chi connectivity index (χ1) is 7.79. The Bertz CT molecular complexity index is 468. The molecule has 2 aromatic rings. The van der Waals surface area contributed by atoms with E-state index >= 15 is 0 Å².